The number of nitrogens with one attached hydrogen (secondary N) is 1. The first-order chi connectivity index (χ1) is 7.65. The van der Waals surface area contributed by atoms with E-state index >= 15 is 0 Å². The van der Waals surface area contributed by atoms with Gasteiger partial charge in [-0.1, -0.05) is 0 Å². The van der Waals surface area contributed by atoms with Gasteiger partial charge >= 0.3 is 0 Å². The van der Waals surface area contributed by atoms with Crippen molar-refractivity contribution in [3.05, 3.63) is 45.6 Å². The number of hydrogen-bond donors (Lipinski definition) is 1. The highest BCUT2D eigenvalue weighted by atomic mass is 16.1. The van der Waals surface area contributed by atoms with Gasteiger partial charge in [0.25, 0.3) is 5.56 Å². The molecule has 0 aliphatic carbocycles. The van der Waals surface area contributed by atoms with Crippen LogP contribution in [0, 0.1) is 13.8 Å². The van der Waals surface area contributed by atoms with Crippen molar-refractivity contribution < 1.29 is 4.79 Å². The van der Waals surface area contributed by atoms with Gasteiger partial charge in [0.1, 0.15) is 0 Å². The second-order valence-corrected chi connectivity index (χ2v) is 3.54. The van der Waals surface area contributed by atoms with Crippen LogP contribution < -0.4 is 5.56 Å². The Morgan fingerprint density at radius 3 is 2.75 bits per heavy atom. The van der Waals surface area contributed by atoms with Crippen LogP contribution in [0.5, 0.6) is 0 Å². The zero-order valence-electron chi connectivity index (χ0n) is 9.02. The molecule has 82 valence electrons. The van der Waals surface area contributed by atoms with E-state index in [4.69, 9.17) is 0 Å². The van der Waals surface area contributed by atoms with Gasteiger partial charge in [-0.25, -0.2) is 0 Å². The summed E-state index contributed by atoms with van der Waals surface area (Å²) >= 11 is 0. The summed E-state index contributed by atoms with van der Waals surface area (Å²) in [5, 5.41) is 6.82. The van der Waals surface area contributed by atoms with Gasteiger partial charge in [0, 0.05) is 6.20 Å². The molecule has 5 heteroatoms. The molecule has 0 spiro atoms. The summed E-state index contributed by atoms with van der Waals surface area (Å²) in [4.78, 5) is 22.6. The number of aromatic amines is 1. The molecule has 0 saturated carbocycles. The van der Waals surface area contributed by atoms with Crippen LogP contribution in [0.2, 0.25) is 0 Å². The van der Waals surface area contributed by atoms with E-state index in [0.29, 0.717) is 12.0 Å². The molecule has 2 aromatic heterocycles. The van der Waals surface area contributed by atoms with Crippen LogP contribution in [0.1, 0.15) is 21.7 Å². The van der Waals surface area contributed by atoms with Crippen LogP contribution in [0.15, 0.2) is 23.1 Å². The molecule has 5 nitrogen and oxygen atoms in total. The lowest BCUT2D eigenvalue weighted by Crippen LogP contribution is -2.21. The molecule has 0 amide bonds. The summed E-state index contributed by atoms with van der Waals surface area (Å²) in [5.74, 6) is 0. The molecule has 0 unspecified atom stereocenters. The van der Waals surface area contributed by atoms with Crippen molar-refractivity contribution in [1.82, 2.24) is 14.8 Å². The summed E-state index contributed by atoms with van der Waals surface area (Å²) < 4.78 is 1.43. The molecule has 0 aromatic carbocycles. The SMILES string of the molecule is Cc1n[nH]c(C)c1-n1cccc(C=O)c1=O. The van der Waals surface area contributed by atoms with Gasteiger partial charge in [0.15, 0.2) is 6.29 Å². The number of pyridine rings is 1. The number of H-pyrrole nitrogens is 1. The summed E-state index contributed by atoms with van der Waals surface area (Å²) in [7, 11) is 0. The molecule has 0 bridgehead atoms. The lowest BCUT2D eigenvalue weighted by molar-refractivity contribution is 0.112. The van der Waals surface area contributed by atoms with Crippen LogP contribution in [-0.2, 0) is 0 Å². The van der Waals surface area contributed by atoms with E-state index in [1.165, 1.54) is 10.6 Å². The van der Waals surface area contributed by atoms with Crippen LogP contribution in [0.25, 0.3) is 5.69 Å². The molecular weight excluding hydrogens is 206 g/mol. The first-order valence-electron chi connectivity index (χ1n) is 4.84. The monoisotopic (exact) mass is 217 g/mol. The molecule has 0 saturated heterocycles. The standard InChI is InChI=1S/C11H11N3O2/c1-7-10(8(2)13-12-7)14-5-3-4-9(6-15)11(14)16/h3-6H,1-2H3,(H,12,13). The molecule has 0 aliphatic heterocycles. The predicted molar refractivity (Wildman–Crippen MR) is 59.0 cm³/mol. The van der Waals surface area contributed by atoms with Crippen LogP contribution in [0.4, 0.5) is 0 Å². The molecule has 2 rings (SSSR count). The quantitative estimate of drug-likeness (QED) is 0.763. The zero-order valence-corrected chi connectivity index (χ0v) is 9.02. The maximum atomic E-state index is 11.9. The Morgan fingerprint density at radius 2 is 2.19 bits per heavy atom. The molecule has 0 fully saturated rings. The Labute approximate surface area is 91.7 Å². The number of carbonyl (C=O) groups excluding carboxylic acids is 1. The van der Waals surface area contributed by atoms with E-state index in [0.717, 1.165) is 11.4 Å². The lowest BCUT2D eigenvalue weighted by Gasteiger charge is -2.05. The van der Waals surface area contributed by atoms with Gasteiger partial charge in [-0.05, 0) is 26.0 Å². The van der Waals surface area contributed by atoms with Crippen molar-refractivity contribution in [2.45, 2.75) is 13.8 Å². The number of aldehydes is 1. The van der Waals surface area contributed by atoms with Crippen LogP contribution >= 0.6 is 0 Å². The molecule has 0 radical (unpaired) electrons. The fourth-order valence-electron chi connectivity index (χ4n) is 1.68. The van der Waals surface area contributed by atoms with Gasteiger partial charge in [-0.2, -0.15) is 5.10 Å². The van der Waals surface area contributed by atoms with Crippen molar-refractivity contribution in [2.75, 3.05) is 0 Å². The number of nitrogens with zero attached hydrogens (tertiary/aromatic N) is 2. The lowest BCUT2D eigenvalue weighted by atomic mass is 10.2. The Morgan fingerprint density at radius 1 is 1.44 bits per heavy atom. The van der Waals surface area contributed by atoms with Crippen molar-refractivity contribution in [3.63, 3.8) is 0 Å². The Hall–Kier alpha value is -2.17. The minimum absolute atomic E-state index is 0.141. The van der Waals surface area contributed by atoms with Crippen molar-refractivity contribution >= 4 is 6.29 Å². The first-order valence-corrected chi connectivity index (χ1v) is 4.84. The molecular formula is C11H11N3O2. The molecule has 0 aliphatic rings. The van der Waals surface area contributed by atoms with Gasteiger partial charge in [-0.3, -0.25) is 19.3 Å². The second kappa shape index (κ2) is 3.77. The summed E-state index contributed by atoms with van der Waals surface area (Å²) in [6.45, 7) is 3.63. The number of aromatic nitrogens is 3. The minimum Gasteiger partial charge on any atom is -0.298 e. The Kier molecular flexibility index (Phi) is 2.44. The smallest absolute Gasteiger partial charge is 0.265 e. The highest BCUT2D eigenvalue weighted by Gasteiger charge is 2.11. The third kappa shape index (κ3) is 1.46. The van der Waals surface area contributed by atoms with Gasteiger partial charge in [0.05, 0.1) is 22.6 Å². The molecule has 2 heterocycles. The van der Waals surface area contributed by atoms with E-state index in [1.807, 2.05) is 6.92 Å². The molecule has 16 heavy (non-hydrogen) atoms. The second-order valence-electron chi connectivity index (χ2n) is 3.54. The van der Waals surface area contributed by atoms with Crippen LogP contribution in [0.3, 0.4) is 0 Å². The Balaban J connectivity index is 2.75. The largest absolute Gasteiger partial charge is 0.298 e. The summed E-state index contributed by atoms with van der Waals surface area (Å²) in [6, 6.07) is 3.16. The van der Waals surface area contributed by atoms with Crippen molar-refractivity contribution in [3.8, 4) is 5.69 Å². The average Bonchev–Trinajstić information content (AvgIpc) is 2.60. The summed E-state index contributed by atoms with van der Waals surface area (Å²) in [6.07, 6.45) is 2.18. The first kappa shape index (κ1) is 10.4. The number of hydrogen-bond acceptors (Lipinski definition) is 3. The highest BCUT2D eigenvalue weighted by Crippen LogP contribution is 2.13. The maximum absolute atomic E-state index is 11.9. The van der Waals surface area contributed by atoms with Crippen LogP contribution in [-0.4, -0.2) is 21.1 Å². The fraction of sp³-hybridized carbons (Fsp3) is 0.182. The topological polar surface area (TPSA) is 67.8 Å². The van der Waals surface area contributed by atoms with Gasteiger partial charge < -0.3 is 0 Å². The summed E-state index contributed by atoms with van der Waals surface area (Å²) in [5.41, 5.74) is 2.03. The number of carbonyl (C=O) groups is 1. The Bertz CT molecular complexity index is 576. The average molecular weight is 217 g/mol. The van der Waals surface area contributed by atoms with Gasteiger partial charge in [0.2, 0.25) is 0 Å². The zero-order chi connectivity index (χ0) is 11.7. The van der Waals surface area contributed by atoms with E-state index in [1.54, 1.807) is 19.2 Å². The van der Waals surface area contributed by atoms with E-state index < -0.39 is 0 Å². The third-order valence-corrected chi connectivity index (χ3v) is 2.43. The van der Waals surface area contributed by atoms with E-state index in [9.17, 15) is 9.59 Å². The van der Waals surface area contributed by atoms with E-state index in [-0.39, 0.29) is 11.1 Å². The fourth-order valence-corrected chi connectivity index (χ4v) is 1.68. The number of rotatable bonds is 2. The molecule has 0 atom stereocenters. The normalized spacial score (nSPS) is 10.4. The highest BCUT2D eigenvalue weighted by molar-refractivity contribution is 5.74. The van der Waals surface area contributed by atoms with Crippen molar-refractivity contribution in [1.29, 1.82) is 0 Å². The predicted octanol–water partition coefficient (Wildman–Crippen LogP) is 0.990. The third-order valence-electron chi connectivity index (χ3n) is 2.43. The minimum atomic E-state index is -0.329. The molecule has 1 N–H and O–H groups in total. The maximum Gasteiger partial charge on any atom is 0.265 e. The number of aryl methyl sites for hydroxylation is 2. The molecule has 2 aromatic rings. The van der Waals surface area contributed by atoms with Crippen molar-refractivity contribution in [2.24, 2.45) is 0 Å². The van der Waals surface area contributed by atoms with E-state index in [2.05, 4.69) is 10.2 Å². The van der Waals surface area contributed by atoms with Gasteiger partial charge in [-0.15, -0.1) is 0 Å².